The van der Waals surface area contributed by atoms with Crippen LogP contribution in [0.5, 0.6) is 0 Å². The normalized spacial score (nSPS) is 10.8. The fourth-order valence-electron chi connectivity index (χ4n) is 2.07. The minimum Gasteiger partial charge on any atom is -0.463 e. The minimum atomic E-state index is 0.482. The molecule has 0 radical (unpaired) electrons. The van der Waals surface area contributed by atoms with E-state index in [1.807, 2.05) is 24.3 Å². The van der Waals surface area contributed by atoms with Crippen LogP contribution in [0.25, 0.3) is 17.1 Å². The molecule has 96 valence electrons. The highest BCUT2D eigenvalue weighted by molar-refractivity contribution is 5.67. The van der Waals surface area contributed by atoms with Crippen molar-refractivity contribution in [2.24, 2.45) is 0 Å². The van der Waals surface area contributed by atoms with Crippen LogP contribution in [-0.4, -0.2) is 15.0 Å². The molecule has 1 aromatic carbocycles. The number of furan rings is 1. The second-order valence-electron chi connectivity index (χ2n) is 4.19. The van der Waals surface area contributed by atoms with Crippen molar-refractivity contribution in [3.05, 3.63) is 48.2 Å². The number of hydrogen-bond acceptors (Lipinski definition) is 4. The van der Waals surface area contributed by atoms with Gasteiger partial charge in [-0.25, -0.2) is 0 Å². The highest BCUT2D eigenvalue weighted by atomic mass is 16.3. The first-order chi connectivity index (χ1) is 9.31. The van der Waals surface area contributed by atoms with Gasteiger partial charge in [-0.3, -0.25) is 0 Å². The van der Waals surface area contributed by atoms with Crippen LogP contribution in [0.15, 0.2) is 47.1 Å². The Hall–Kier alpha value is -2.56. The van der Waals surface area contributed by atoms with Gasteiger partial charge in [0.25, 0.3) is 0 Å². The summed E-state index contributed by atoms with van der Waals surface area (Å²) >= 11 is 0. The molecule has 3 rings (SSSR count). The maximum absolute atomic E-state index is 6.13. The van der Waals surface area contributed by atoms with E-state index in [4.69, 9.17) is 10.2 Å². The molecule has 0 aliphatic rings. The van der Waals surface area contributed by atoms with Crippen LogP contribution in [0.4, 0.5) is 5.82 Å². The molecule has 0 atom stereocenters. The Kier molecular flexibility index (Phi) is 2.79. The van der Waals surface area contributed by atoms with Crippen molar-refractivity contribution in [2.45, 2.75) is 13.3 Å². The van der Waals surface area contributed by atoms with Gasteiger partial charge in [-0.15, -0.1) is 5.10 Å². The molecular formula is C14H14N4O. The van der Waals surface area contributed by atoms with E-state index in [-0.39, 0.29) is 0 Å². The number of benzene rings is 1. The Morgan fingerprint density at radius 1 is 1.21 bits per heavy atom. The Bertz CT molecular complexity index is 685. The number of para-hydroxylation sites is 1. The van der Waals surface area contributed by atoms with Crippen LogP contribution in [0.1, 0.15) is 12.5 Å². The Labute approximate surface area is 110 Å². The third kappa shape index (κ3) is 1.89. The van der Waals surface area contributed by atoms with E-state index in [0.717, 1.165) is 12.1 Å². The number of anilines is 1. The first-order valence-corrected chi connectivity index (χ1v) is 6.14. The molecule has 2 aromatic heterocycles. The van der Waals surface area contributed by atoms with Gasteiger partial charge >= 0.3 is 0 Å². The fraction of sp³-hybridized carbons (Fsp3) is 0.143. The lowest BCUT2D eigenvalue weighted by atomic mass is 10.1. The van der Waals surface area contributed by atoms with Crippen LogP contribution < -0.4 is 5.73 Å². The van der Waals surface area contributed by atoms with Gasteiger partial charge in [0, 0.05) is 0 Å². The molecule has 0 fully saturated rings. The van der Waals surface area contributed by atoms with Crippen molar-refractivity contribution in [1.82, 2.24) is 15.0 Å². The number of nitrogens with two attached hydrogens (primary N) is 1. The molecule has 0 unspecified atom stereocenters. The topological polar surface area (TPSA) is 69.9 Å². The summed E-state index contributed by atoms with van der Waals surface area (Å²) in [6, 6.07) is 11.6. The first kappa shape index (κ1) is 11.5. The monoisotopic (exact) mass is 254 g/mol. The molecule has 0 aliphatic heterocycles. The molecule has 0 saturated heterocycles. The maximum Gasteiger partial charge on any atom is 0.172 e. The molecule has 0 saturated carbocycles. The van der Waals surface area contributed by atoms with Crippen LogP contribution >= 0.6 is 0 Å². The summed E-state index contributed by atoms with van der Waals surface area (Å²) in [6.07, 6.45) is 2.50. The van der Waals surface area contributed by atoms with Crippen molar-refractivity contribution in [2.75, 3.05) is 5.73 Å². The Morgan fingerprint density at radius 3 is 2.79 bits per heavy atom. The third-order valence-corrected chi connectivity index (χ3v) is 3.06. The van der Waals surface area contributed by atoms with Crippen molar-refractivity contribution in [3.8, 4) is 17.1 Å². The molecule has 5 nitrogen and oxygen atoms in total. The maximum atomic E-state index is 6.13. The Balaban J connectivity index is 2.12. The summed E-state index contributed by atoms with van der Waals surface area (Å²) in [5.74, 6) is 1.11. The number of aromatic nitrogens is 3. The van der Waals surface area contributed by atoms with Crippen LogP contribution in [0.2, 0.25) is 0 Å². The van der Waals surface area contributed by atoms with E-state index in [9.17, 15) is 0 Å². The molecule has 5 heteroatoms. The van der Waals surface area contributed by atoms with Crippen molar-refractivity contribution >= 4 is 5.82 Å². The SMILES string of the molecule is CCc1ccccc1-n1nnc(-c2ccco2)c1N. The lowest BCUT2D eigenvalue weighted by molar-refractivity contribution is 0.580. The van der Waals surface area contributed by atoms with Crippen LogP contribution in [-0.2, 0) is 6.42 Å². The zero-order valence-electron chi connectivity index (χ0n) is 10.6. The van der Waals surface area contributed by atoms with Gasteiger partial charge in [0.05, 0.1) is 12.0 Å². The Morgan fingerprint density at radius 2 is 2.05 bits per heavy atom. The zero-order valence-corrected chi connectivity index (χ0v) is 10.6. The number of aryl methyl sites for hydroxylation is 1. The third-order valence-electron chi connectivity index (χ3n) is 3.06. The second kappa shape index (κ2) is 4.61. The van der Waals surface area contributed by atoms with E-state index in [0.29, 0.717) is 17.3 Å². The molecule has 0 spiro atoms. The standard InChI is InChI=1S/C14H14N4O/c1-2-10-6-3-4-7-11(10)18-14(15)13(16-17-18)12-8-5-9-19-12/h3-9H,2,15H2,1H3. The van der Waals surface area contributed by atoms with E-state index < -0.39 is 0 Å². The van der Waals surface area contributed by atoms with Crippen LogP contribution in [0, 0.1) is 0 Å². The molecule has 0 amide bonds. The summed E-state index contributed by atoms with van der Waals surface area (Å²) in [4.78, 5) is 0. The van der Waals surface area contributed by atoms with E-state index in [1.165, 1.54) is 5.56 Å². The minimum absolute atomic E-state index is 0.482. The van der Waals surface area contributed by atoms with Gasteiger partial charge < -0.3 is 10.2 Å². The lowest BCUT2D eigenvalue weighted by Crippen LogP contribution is -2.05. The summed E-state index contributed by atoms with van der Waals surface area (Å²) in [5.41, 5.74) is 8.82. The van der Waals surface area contributed by atoms with Gasteiger partial charge in [-0.2, -0.15) is 4.68 Å². The highest BCUT2D eigenvalue weighted by Crippen LogP contribution is 2.26. The van der Waals surface area contributed by atoms with Crippen molar-refractivity contribution in [1.29, 1.82) is 0 Å². The van der Waals surface area contributed by atoms with E-state index >= 15 is 0 Å². The summed E-state index contributed by atoms with van der Waals surface area (Å²) in [6.45, 7) is 2.10. The predicted molar refractivity (Wildman–Crippen MR) is 72.9 cm³/mol. The lowest BCUT2D eigenvalue weighted by Gasteiger charge is -2.08. The summed E-state index contributed by atoms with van der Waals surface area (Å²) < 4.78 is 6.96. The van der Waals surface area contributed by atoms with E-state index in [2.05, 4.69) is 23.3 Å². The van der Waals surface area contributed by atoms with Gasteiger partial charge in [0.15, 0.2) is 17.3 Å². The molecule has 2 heterocycles. The van der Waals surface area contributed by atoms with Crippen LogP contribution in [0.3, 0.4) is 0 Å². The molecule has 19 heavy (non-hydrogen) atoms. The number of nitrogens with zero attached hydrogens (tertiary/aromatic N) is 3. The number of nitrogen functional groups attached to an aromatic ring is 1. The van der Waals surface area contributed by atoms with Gasteiger partial charge in [-0.1, -0.05) is 30.3 Å². The highest BCUT2D eigenvalue weighted by Gasteiger charge is 2.16. The molecular weight excluding hydrogens is 240 g/mol. The first-order valence-electron chi connectivity index (χ1n) is 6.14. The summed E-state index contributed by atoms with van der Waals surface area (Å²) in [7, 11) is 0. The van der Waals surface area contributed by atoms with E-state index in [1.54, 1.807) is 17.0 Å². The number of hydrogen-bond donors (Lipinski definition) is 1. The largest absolute Gasteiger partial charge is 0.463 e. The van der Waals surface area contributed by atoms with Gasteiger partial charge in [0.1, 0.15) is 0 Å². The number of rotatable bonds is 3. The fourth-order valence-corrected chi connectivity index (χ4v) is 2.07. The van der Waals surface area contributed by atoms with Gasteiger partial charge in [0.2, 0.25) is 0 Å². The van der Waals surface area contributed by atoms with Crippen molar-refractivity contribution < 1.29 is 4.42 Å². The molecule has 0 aliphatic carbocycles. The molecule has 2 N–H and O–H groups in total. The smallest absolute Gasteiger partial charge is 0.172 e. The average Bonchev–Trinajstić information content (AvgIpc) is 3.08. The van der Waals surface area contributed by atoms with Crippen molar-refractivity contribution in [3.63, 3.8) is 0 Å². The molecule has 0 bridgehead atoms. The predicted octanol–water partition coefficient (Wildman–Crippen LogP) is 2.67. The summed E-state index contributed by atoms with van der Waals surface area (Å²) in [5, 5.41) is 8.24. The quantitative estimate of drug-likeness (QED) is 0.780. The zero-order chi connectivity index (χ0) is 13.2. The average molecular weight is 254 g/mol. The van der Waals surface area contributed by atoms with Gasteiger partial charge in [-0.05, 0) is 30.2 Å². The second-order valence-corrected chi connectivity index (χ2v) is 4.19. The molecule has 3 aromatic rings.